The first-order valence-electron chi connectivity index (χ1n) is 10.4. The van der Waals surface area contributed by atoms with Crippen LogP contribution >= 0.6 is 11.6 Å². The first-order chi connectivity index (χ1) is 16.3. The van der Waals surface area contributed by atoms with Crippen LogP contribution in [0.4, 0.5) is 5.82 Å². The van der Waals surface area contributed by atoms with Gasteiger partial charge in [-0.2, -0.15) is 5.10 Å². The minimum atomic E-state index is -0.907. The van der Waals surface area contributed by atoms with Gasteiger partial charge in [0, 0.05) is 17.0 Å². The van der Waals surface area contributed by atoms with Crippen LogP contribution in [0.1, 0.15) is 24.6 Å². The quantitative estimate of drug-likeness (QED) is 0.344. The topological polar surface area (TPSA) is 112 Å². The van der Waals surface area contributed by atoms with E-state index in [4.69, 9.17) is 26.8 Å². The molecule has 9 heteroatoms. The molecule has 0 aliphatic carbocycles. The van der Waals surface area contributed by atoms with Gasteiger partial charge in [-0.05, 0) is 60.4 Å². The maximum atomic E-state index is 11.4. The largest absolute Gasteiger partial charge is 0.493 e. The summed E-state index contributed by atoms with van der Waals surface area (Å²) in [4.78, 5) is 15.6. The number of aliphatic carboxylic acids is 1. The number of nitrogens with two attached hydrogens (primary N) is 1. The number of hydrogen-bond acceptors (Lipinski definition) is 6. The second-order valence-corrected chi connectivity index (χ2v) is 8.14. The number of rotatable bonds is 8. The molecule has 3 N–H and O–H groups in total. The Morgan fingerprint density at radius 2 is 2.03 bits per heavy atom. The van der Waals surface area contributed by atoms with Crippen molar-refractivity contribution in [3.05, 3.63) is 71.7 Å². The van der Waals surface area contributed by atoms with Crippen molar-refractivity contribution in [2.75, 3.05) is 12.8 Å². The van der Waals surface area contributed by atoms with E-state index in [0.717, 1.165) is 22.3 Å². The van der Waals surface area contributed by atoms with Crippen LogP contribution < -0.4 is 15.2 Å². The predicted molar refractivity (Wildman–Crippen MR) is 132 cm³/mol. The Morgan fingerprint density at radius 1 is 1.24 bits per heavy atom. The van der Waals surface area contributed by atoms with Crippen molar-refractivity contribution in [1.82, 2.24) is 14.6 Å². The normalized spacial score (nSPS) is 10.9. The van der Waals surface area contributed by atoms with Gasteiger partial charge in [0.25, 0.3) is 0 Å². The number of allylic oxidation sites excluding steroid dienone is 1. The van der Waals surface area contributed by atoms with Gasteiger partial charge in [-0.1, -0.05) is 30.3 Å². The lowest BCUT2D eigenvalue weighted by atomic mass is 9.95. The van der Waals surface area contributed by atoms with Crippen LogP contribution in [0.25, 0.3) is 22.2 Å². The molecular weight excluding hydrogens is 456 g/mol. The number of methoxy groups -OCH3 is 1. The van der Waals surface area contributed by atoms with Crippen LogP contribution in [0.3, 0.4) is 0 Å². The highest BCUT2D eigenvalue weighted by Gasteiger charge is 2.24. The Morgan fingerprint density at radius 3 is 2.71 bits per heavy atom. The molecule has 2 aromatic heterocycles. The number of carbonyl (C=O) groups is 1. The molecule has 0 saturated heterocycles. The molecule has 34 heavy (non-hydrogen) atoms. The molecule has 2 heterocycles. The SMILES string of the molecule is C=C(C)c1c(CCC(=O)O)c(-c2ccc(Oc3cccc(Cl)c3)c(OC)c2)c2c(N)ncnn12. The molecule has 0 spiro atoms. The number of halogens is 1. The average molecular weight is 479 g/mol. The highest BCUT2D eigenvalue weighted by molar-refractivity contribution is 6.30. The Balaban J connectivity index is 1.91. The molecule has 0 fully saturated rings. The van der Waals surface area contributed by atoms with Gasteiger partial charge in [0.2, 0.25) is 0 Å². The summed E-state index contributed by atoms with van der Waals surface area (Å²) in [5.74, 6) is 0.905. The lowest BCUT2D eigenvalue weighted by Gasteiger charge is -2.13. The molecule has 2 aromatic carbocycles. The molecule has 8 nitrogen and oxygen atoms in total. The zero-order chi connectivity index (χ0) is 24.4. The summed E-state index contributed by atoms with van der Waals surface area (Å²) in [7, 11) is 1.55. The maximum absolute atomic E-state index is 11.4. The van der Waals surface area contributed by atoms with Crippen molar-refractivity contribution in [2.45, 2.75) is 19.8 Å². The van der Waals surface area contributed by atoms with Crippen LogP contribution in [-0.2, 0) is 11.2 Å². The van der Waals surface area contributed by atoms with E-state index in [9.17, 15) is 9.90 Å². The summed E-state index contributed by atoms with van der Waals surface area (Å²) >= 11 is 6.07. The molecule has 0 aliphatic heterocycles. The number of nitrogen functional groups attached to an aromatic ring is 1. The molecule has 4 aromatic rings. The summed E-state index contributed by atoms with van der Waals surface area (Å²) in [5, 5.41) is 14.3. The van der Waals surface area contributed by atoms with Crippen LogP contribution in [-0.4, -0.2) is 32.8 Å². The fourth-order valence-electron chi connectivity index (χ4n) is 3.95. The highest BCUT2D eigenvalue weighted by atomic mass is 35.5. The standard InChI is InChI=1S/C25H23ClN4O4/c1-14(2)23-18(8-10-21(31)32)22(24-25(27)28-13-29-30(23)24)15-7-9-19(20(11-15)33-3)34-17-6-4-5-16(26)12-17/h4-7,9,11-13H,1,8,10H2,2-3H3,(H,31,32)(H2,27,28,29). The second kappa shape index (κ2) is 9.44. The predicted octanol–water partition coefficient (Wildman–Crippen LogP) is 5.48. The summed E-state index contributed by atoms with van der Waals surface area (Å²) in [6.07, 6.45) is 1.56. The summed E-state index contributed by atoms with van der Waals surface area (Å²) in [6, 6.07) is 12.5. The van der Waals surface area contributed by atoms with Gasteiger partial charge >= 0.3 is 5.97 Å². The van der Waals surface area contributed by atoms with Gasteiger partial charge in [-0.3, -0.25) is 4.79 Å². The zero-order valence-electron chi connectivity index (χ0n) is 18.7. The van der Waals surface area contributed by atoms with Gasteiger partial charge in [0.05, 0.1) is 12.8 Å². The number of nitrogens with zero attached hydrogens (tertiary/aromatic N) is 3. The molecule has 0 aliphatic rings. The molecule has 4 rings (SSSR count). The van der Waals surface area contributed by atoms with Gasteiger partial charge in [-0.25, -0.2) is 9.50 Å². The Labute approximate surface area is 201 Å². The van der Waals surface area contributed by atoms with E-state index in [0.29, 0.717) is 33.5 Å². The fraction of sp³-hybridized carbons (Fsp3) is 0.160. The third-order valence-electron chi connectivity index (χ3n) is 5.32. The molecular formula is C25H23ClN4O4. The van der Waals surface area contributed by atoms with Gasteiger partial charge in [0.15, 0.2) is 17.3 Å². The minimum Gasteiger partial charge on any atom is -0.493 e. The Bertz CT molecular complexity index is 1410. The van der Waals surface area contributed by atoms with E-state index in [-0.39, 0.29) is 18.7 Å². The summed E-state index contributed by atoms with van der Waals surface area (Å²) in [6.45, 7) is 5.92. The van der Waals surface area contributed by atoms with Gasteiger partial charge < -0.3 is 20.3 Å². The number of anilines is 1. The third kappa shape index (κ3) is 4.40. The number of carboxylic acids is 1. The Kier molecular flexibility index (Phi) is 6.43. The molecule has 0 atom stereocenters. The van der Waals surface area contributed by atoms with E-state index in [1.54, 1.807) is 42.0 Å². The zero-order valence-corrected chi connectivity index (χ0v) is 19.5. The second-order valence-electron chi connectivity index (χ2n) is 7.71. The number of ether oxygens (including phenoxy) is 2. The van der Waals surface area contributed by atoms with Crippen LogP contribution in [0, 0.1) is 0 Å². The number of hydrogen-bond donors (Lipinski definition) is 2. The van der Waals surface area contributed by atoms with Crippen molar-refractivity contribution in [2.24, 2.45) is 0 Å². The van der Waals surface area contributed by atoms with Crippen molar-refractivity contribution >= 4 is 34.5 Å². The summed E-state index contributed by atoms with van der Waals surface area (Å²) < 4.78 is 13.3. The van der Waals surface area contributed by atoms with Gasteiger partial charge in [0.1, 0.15) is 17.6 Å². The van der Waals surface area contributed by atoms with E-state index in [1.807, 2.05) is 19.1 Å². The minimum absolute atomic E-state index is 0.0649. The van der Waals surface area contributed by atoms with E-state index in [1.165, 1.54) is 6.33 Å². The number of carboxylic acid groups (broad SMARTS) is 1. The van der Waals surface area contributed by atoms with Crippen LogP contribution in [0.2, 0.25) is 5.02 Å². The average Bonchev–Trinajstić information content (AvgIpc) is 3.13. The number of aromatic nitrogens is 3. The number of benzene rings is 2. The lowest BCUT2D eigenvalue weighted by molar-refractivity contribution is -0.136. The maximum Gasteiger partial charge on any atom is 0.303 e. The molecule has 0 bridgehead atoms. The van der Waals surface area contributed by atoms with Crippen molar-refractivity contribution in [1.29, 1.82) is 0 Å². The van der Waals surface area contributed by atoms with Crippen LogP contribution in [0.15, 0.2) is 55.4 Å². The lowest BCUT2D eigenvalue weighted by Crippen LogP contribution is -2.02. The third-order valence-corrected chi connectivity index (χ3v) is 5.56. The van der Waals surface area contributed by atoms with E-state index in [2.05, 4.69) is 16.7 Å². The first-order valence-corrected chi connectivity index (χ1v) is 10.8. The highest BCUT2D eigenvalue weighted by Crippen LogP contribution is 2.42. The van der Waals surface area contributed by atoms with Crippen molar-refractivity contribution in [3.8, 4) is 28.4 Å². The van der Waals surface area contributed by atoms with Gasteiger partial charge in [-0.15, -0.1) is 0 Å². The van der Waals surface area contributed by atoms with E-state index < -0.39 is 5.97 Å². The van der Waals surface area contributed by atoms with Crippen LogP contribution in [0.5, 0.6) is 17.2 Å². The molecule has 0 amide bonds. The number of fused-ring (bicyclic) bond motifs is 1. The summed E-state index contributed by atoms with van der Waals surface area (Å²) in [5.41, 5.74) is 10.5. The molecule has 0 saturated carbocycles. The smallest absolute Gasteiger partial charge is 0.303 e. The molecule has 174 valence electrons. The first kappa shape index (κ1) is 23.1. The van der Waals surface area contributed by atoms with Crippen molar-refractivity contribution in [3.63, 3.8) is 0 Å². The monoisotopic (exact) mass is 478 g/mol. The Hall–Kier alpha value is -4.04. The molecule has 0 unspecified atom stereocenters. The molecule has 0 radical (unpaired) electrons. The fourth-order valence-corrected chi connectivity index (χ4v) is 4.13. The van der Waals surface area contributed by atoms with E-state index >= 15 is 0 Å². The van der Waals surface area contributed by atoms with Crippen molar-refractivity contribution < 1.29 is 19.4 Å².